The smallest absolute Gasteiger partial charge is 0.272 e. The van der Waals surface area contributed by atoms with Crippen molar-refractivity contribution in [3.05, 3.63) is 17.5 Å². The molecule has 0 atom stereocenters. The van der Waals surface area contributed by atoms with E-state index in [-0.39, 0.29) is 5.91 Å². The SMILES string of the molecule is CCN(CC)C(=O)c1cc(C)nc(N2CCCC2)n1. The third-order valence-corrected chi connectivity index (χ3v) is 3.50. The topological polar surface area (TPSA) is 49.3 Å². The summed E-state index contributed by atoms with van der Waals surface area (Å²) in [5, 5.41) is 0. The second kappa shape index (κ2) is 5.99. The van der Waals surface area contributed by atoms with Gasteiger partial charge in [0.25, 0.3) is 5.91 Å². The van der Waals surface area contributed by atoms with Crippen molar-refractivity contribution in [1.82, 2.24) is 14.9 Å². The third kappa shape index (κ3) is 3.03. The van der Waals surface area contributed by atoms with Crippen molar-refractivity contribution in [2.75, 3.05) is 31.1 Å². The Bertz CT molecular complexity index is 451. The number of rotatable bonds is 4. The van der Waals surface area contributed by atoms with Crippen molar-refractivity contribution >= 4 is 11.9 Å². The lowest BCUT2D eigenvalue weighted by Crippen LogP contribution is -2.32. The highest BCUT2D eigenvalue weighted by molar-refractivity contribution is 5.92. The maximum Gasteiger partial charge on any atom is 0.272 e. The molecule has 5 nitrogen and oxygen atoms in total. The van der Waals surface area contributed by atoms with Crippen molar-refractivity contribution in [2.24, 2.45) is 0 Å². The number of aromatic nitrogens is 2. The van der Waals surface area contributed by atoms with Crippen LogP contribution in [0.1, 0.15) is 42.9 Å². The molecule has 2 heterocycles. The van der Waals surface area contributed by atoms with E-state index in [9.17, 15) is 4.79 Å². The zero-order chi connectivity index (χ0) is 13.8. The zero-order valence-corrected chi connectivity index (χ0v) is 12.0. The van der Waals surface area contributed by atoms with E-state index in [1.54, 1.807) is 11.0 Å². The van der Waals surface area contributed by atoms with Gasteiger partial charge in [0.2, 0.25) is 5.95 Å². The van der Waals surface area contributed by atoms with Gasteiger partial charge in [0.05, 0.1) is 0 Å². The molecule has 0 unspecified atom stereocenters. The highest BCUT2D eigenvalue weighted by Crippen LogP contribution is 2.17. The molecular weight excluding hydrogens is 240 g/mol. The Morgan fingerprint density at radius 3 is 2.47 bits per heavy atom. The summed E-state index contributed by atoms with van der Waals surface area (Å²) in [6.07, 6.45) is 2.35. The Morgan fingerprint density at radius 1 is 1.26 bits per heavy atom. The molecule has 5 heteroatoms. The van der Waals surface area contributed by atoms with Gasteiger partial charge in [-0.15, -0.1) is 0 Å². The largest absolute Gasteiger partial charge is 0.341 e. The number of hydrogen-bond acceptors (Lipinski definition) is 4. The van der Waals surface area contributed by atoms with Gasteiger partial charge in [-0.25, -0.2) is 9.97 Å². The molecule has 1 aromatic heterocycles. The van der Waals surface area contributed by atoms with E-state index in [0.29, 0.717) is 24.7 Å². The molecule has 1 aromatic rings. The first-order chi connectivity index (χ1) is 9.15. The summed E-state index contributed by atoms with van der Waals surface area (Å²) in [6, 6.07) is 1.78. The van der Waals surface area contributed by atoms with Crippen LogP contribution in [0.5, 0.6) is 0 Å². The number of aryl methyl sites for hydroxylation is 1. The lowest BCUT2D eigenvalue weighted by molar-refractivity contribution is 0.0767. The van der Waals surface area contributed by atoms with Crippen molar-refractivity contribution in [2.45, 2.75) is 33.6 Å². The summed E-state index contributed by atoms with van der Waals surface area (Å²) in [7, 11) is 0. The fourth-order valence-corrected chi connectivity index (χ4v) is 2.39. The average molecular weight is 262 g/mol. The second-order valence-electron chi connectivity index (χ2n) is 4.87. The van der Waals surface area contributed by atoms with E-state index in [2.05, 4.69) is 14.9 Å². The minimum Gasteiger partial charge on any atom is -0.341 e. The first kappa shape index (κ1) is 13.8. The molecule has 104 valence electrons. The maximum atomic E-state index is 12.3. The van der Waals surface area contributed by atoms with Crippen LogP contribution in [-0.4, -0.2) is 47.0 Å². The van der Waals surface area contributed by atoms with Gasteiger partial charge in [-0.2, -0.15) is 0 Å². The standard InChI is InChI=1S/C14H22N4O/c1-4-17(5-2)13(19)12-10-11(3)15-14(16-12)18-8-6-7-9-18/h10H,4-9H2,1-3H3. The molecule has 2 rings (SSSR count). The van der Waals surface area contributed by atoms with Gasteiger partial charge in [-0.1, -0.05) is 0 Å². The summed E-state index contributed by atoms with van der Waals surface area (Å²) in [6.45, 7) is 9.27. The number of carbonyl (C=O) groups excluding carboxylic acids is 1. The van der Waals surface area contributed by atoms with Crippen LogP contribution in [0.15, 0.2) is 6.07 Å². The summed E-state index contributed by atoms with van der Waals surface area (Å²) in [5.41, 5.74) is 1.37. The molecule has 1 fully saturated rings. The fraction of sp³-hybridized carbons (Fsp3) is 0.643. The Morgan fingerprint density at radius 2 is 1.89 bits per heavy atom. The molecule has 1 aliphatic heterocycles. The van der Waals surface area contributed by atoms with E-state index < -0.39 is 0 Å². The molecule has 0 aromatic carbocycles. The number of nitrogens with zero attached hydrogens (tertiary/aromatic N) is 4. The summed E-state index contributed by atoms with van der Waals surface area (Å²) >= 11 is 0. The van der Waals surface area contributed by atoms with Gasteiger partial charge in [0, 0.05) is 31.9 Å². The minimum absolute atomic E-state index is 0.00375. The third-order valence-electron chi connectivity index (χ3n) is 3.50. The second-order valence-corrected chi connectivity index (χ2v) is 4.87. The quantitative estimate of drug-likeness (QED) is 0.831. The molecule has 0 N–H and O–H groups in total. The van der Waals surface area contributed by atoms with Crippen LogP contribution in [0.4, 0.5) is 5.95 Å². The van der Waals surface area contributed by atoms with E-state index in [1.165, 1.54) is 12.8 Å². The Kier molecular flexibility index (Phi) is 4.35. The first-order valence-corrected chi connectivity index (χ1v) is 7.05. The van der Waals surface area contributed by atoms with E-state index in [0.717, 1.165) is 18.8 Å². The normalized spacial score (nSPS) is 14.8. The Balaban J connectivity index is 2.27. The van der Waals surface area contributed by atoms with Gasteiger partial charge < -0.3 is 9.80 Å². The van der Waals surface area contributed by atoms with Gasteiger partial charge in [-0.3, -0.25) is 4.79 Å². The zero-order valence-electron chi connectivity index (χ0n) is 12.0. The van der Waals surface area contributed by atoms with Gasteiger partial charge in [0.1, 0.15) is 5.69 Å². The monoisotopic (exact) mass is 262 g/mol. The molecule has 1 aliphatic rings. The first-order valence-electron chi connectivity index (χ1n) is 7.05. The van der Waals surface area contributed by atoms with Gasteiger partial charge in [-0.05, 0) is 39.7 Å². The molecule has 0 saturated carbocycles. The molecule has 0 aliphatic carbocycles. The Hall–Kier alpha value is -1.65. The summed E-state index contributed by atoms with van der Waals surface area (Å²) in [5.74, 6) is 0.698. The van der Waals surface area contributed by atoms with Crippen LogP contribution in [0.2, 0.25) is 0 Å². The van der Waals surface area contributed by atoms with E-state index in [4.69, 9.17) is 0 Å². The average Bonchev–Trinajstić information content (AvgIpc) is 2.93. The molecule has 19 heavy (non-hydrogen) atoms. The van der Waals surface area contributed by atoms with Crippen LogP contribution in [0, 0.1) is 6.92 Å². The molecule has 1 amide bonds. The molecular formula is C14H22N4O. The van der Waals surface area contributed by atoms with Crippen molar-refractivity contribution in [1.29, 1.82) is 0 Å². The van der Waals surface area contributed by atoms with E-state index >= 15 is 0 Å². The summed E-state index contributed by atoms with van der Waals surface area (Å²) < 4.78 is 0. The molecule has 0 spiro atoms. The van der Waals surface area contributed by atoms with Crippen LogP contribution >= 0.6 is 0 Å². The molecule has 0 radical (unpaired) electrons. The van der Waals surface area contributed by atoms with Crippen molar-refractivity contribution in [3.63, 3.8) is 0 Å². The van der Waals surface area contributed by atoms with Crippen LogP contribution in [-0.2, 0) is 0 Å². The predicted octanol–water partition coefficient (Wildman–Crippen LogP) is 1.87. The predicted molar refractivity (Wildman–Crippen MR) is 75.5 cm³/mol. The highest BCUT2D eigenvalue weighted by atomic mass is 16.2. The van der Waals surface area contributed by atoms with Gasteiger partial charge >= 0.3 is 0 Å². The minimum atomic E-state index is -0.00375. The summed E-state index contributed by atoms with van der Waals surface area (Å²) in [4.78, 5) is 25.2. The fourth-order valence-electron chi connectivity index (χ4n) is 2.39. The Labute approximate surface area is 114 Å². The number of carbonyl (C=O) groups is 1. The van der Waals surface area contributed by atoms with Crippen LogP contribution in [0.25, 0.3) is 0 Å². The number of hydrogen-bond donors (Lipinski definition) is 0. The van der Waals surface area contributed by atoms with Crippen molar-refractivity contribution < 1.29 is 4.79 Å². The molecule has 1 saturated heterocycles. The lowest BCUT2D eigenvalue weighted by Gasteiger charge is -2.20. The maximum absolute atomic E-state index is 12.3. The van der Waals surface area contributed by atoms with Crippen molar-refractivity contribution in [3.8, 4) is 0 Å². The van der Waals surface area contributed by atoms with Crippen LogP contribution in [0.3, 0.4) is 0 Å². The number of anilines is 1. The van der Waals surface area contributed by atoms with E-state index in [1.807, 2.05) is 20.8 Å². The number of amides is 1. The van der Waals surface area contributed by atoms with Crippen LogP contribution < -0.4 is 4.90 Å². The molecule has 0 bridgehead atoms. The van der Waals surface area contributed by atoms with Gasteiger partial charge in [0.15, 0.2) is 0 Å². The lowest BCUT2D eigenvalue weighted by atomic mass is 10.3. The highest BCUT2D eigenvalue weighted by Gasteiger charge is 2.20.